The molecule has 2 amide bonds. The number of hydrogen-bond donors (Lipinski definition) is 1. The zero-order valence-electron chi connectivity index (χ0n) is 20.6. The third kappa shape index (κ3) is 6.13. The fourth-order valence-corrected chi connectivity index (χ4v) is 6.25. The Balaban J connectivity index is 1.12. The van der Waals surface area contributed by atoms with Crippen LogP contribution in [0.2, 0.25) is 10.0 Å². The van der Waals surface area contributed by atoms with E-state index in [0.29, 0.717) is 29.3 Å². The Morgan fingerprint density at radius 2 is 1.86 bits per heavy atom. The Hall–Kier alpha value is -1.38. The normalized spacial score (nSPS) is 28.1. The lowest BCUT2D eigenvalue weighted by molar-refractivity contribution is -0.148. The maximum atomic E-state index is 13.4. The first-order chi connectivity index (χ1) is 16.9. The van der Waals surface area contributed by atoms with Gasteiger partial charge in [-0.15, -0.1) is 0 Å². The summed E-state index contributed by atoms with van der Waals surface area (Å²) in [5.41, 5.74) is 0.908. The molecule has 5 rings (SSSR count). The van der Waals surface area contributed by atoms with Crippen LogP contribution in [0.1, 0.15) is 37.7 Å². The molecule has 4 fully saturated rings. The average molecular weight is 523 g/mol. The van der Waals surface area contributed by atoms with E-state index in [-0.39, 0.29) is 30.3 Å². The van der Waals surface area contributed by atoms with E-state index in [1.54, 1.807) is 29.0 Å². The third-order valence-corrected chi connectivity index (χ3v) is 9.03. The van der Waals surface area contributed by atoms with E-state index in [1.165, 1.54) is 19.4 Å². The highest BCUT2D eigenvalue weighted by Crippen LogP contribution is 2.33. The van der Waals surface area contributed by atoms with Crippen molar-refractivity contribution >= 4 is 35.0 Å². The molecule has 1 aromatic carbocycles. The van der Waals surface area contributed by atoms with E-state index >= 15 is 0 Å². The SMILES string of the molecule is CN(Cc1ccc(Cl)c(Cl)c1)C(=O)CN1CNC2CCC(N3CCN(CC4CC4)CC3)CC2C1=O. The second kappa shape index (κ2) is 10.9. The summed E-state index contributed by atoms with van der Waals surface area (Å²) >= 11 is 12.1. The molecule has 9 heteroatoms. The fraction of sp³-hybridized carbons (Fsp3) is 0.692. The van der Waals surface area contributed by atoms with Gasteiger partial charge < -0.3 is 14.7 Å². The first-order valence-corrected chi connectivity index (χ1v) is 13.8. The lowest BCUT2D eigenvalue weighted by Gasteiger charge is -2.47. The minimum absolute atomic E-state index is 0.0415. The summed E-state index contributed by atoms with van der Waals surface area (Å²) in [6, 6.07) is 6.08. The van der Waals surface area contributed by atoms with Crippen molar-refractivity contribution in [3.05, 3.63) is 33.8 Å². The number of nitrogens with one attached hydrogen (secondary N) is 1. The first kappa shape index (κ1) is 25.3. The summed E-state index contributed by atoms with van der Waals surface area (Å²) in [6.45, 7) is 6.75. The molecule has 1 aromatic rings. The van der Waals surface area contributed by atoms with Crippen LogP contribution >= 0.6 is 23.2 Å². The van der Waals surface area contributed by atoms with Crippen molar-refractivity contribution in [3.8, 4) is 0 Å². The van der Waals surface area contributed by atoms with Crippen molar-refractivity contribution in [2.75, 3.05) is 53.0 Å². The van der Waals surface area contributed by atoms with Crippen molar-refractivity contribution in [2.24, 2.45) is 11.8 Å². The highest BCUT2D eigenvalue weighted by atomic mass is 35.5. The minimum atomic E-state index is -0.0798. The van der Waals surface area contributed by atoms with E-state index in [1.807, 2.05) is 6.07 Å². The molecule has 35 heavy (non-hydrogen) atoms. The van der Waals surface area contributed by atoms with Crippen LogP contribution in [0.5, 0.6) is 0 Å². The lowest BCUT2D eigenvalue weighted by atomic mass is 9.79. The van der Waals surface area contributed by atoms with Crippen LogP contribution < -0.4 is 5.32 Å². The van der Waals surface area contributed by atoms with Gasteiger partial charge in [-0.25, -0.2) is 0 Å². The number of carbonyl (C=O) groups excluding carboxylic acids is 2. The van der Waals surface area contributed by atoms with Gasteiger partial charge in [0.25, 0.3) is 0 Å². The van der Waals surface area contributed by atoms with Gasteiger partial charge in [0.05, 0.1) is 22.6 Å². The Kier molecular flexibility index (Phi) is 7.90. The molecule has 2 saturated carbocycles. The number of carbonyl (C=O) groups is 2. The van der Waals surface area contributed by atoms with Gasteiger partial charge in [0.2, 0.25) is 11.8 Å². The number of amides is 2. The van der Waals surface area contributed by atoms with E-state index < -0.39 is 0 Å². The van der Waals surface area contributed by atoms with Crippen LogP contribution in [0.3, 0.4) is 0 Å². The Morgan fingerprint density at radius 3 is 2.57 bits per heavy atom. The molecule has 2 saturated heterocycles. The number of benzene rings is 1. The predicted octanol–water partition coefficient (Wildman–Crippen LogP) is 2.91. The number of likely N-dealkylation sites (N-methyl/N-ethyl adjacent to an activating group) is 1. The zero-order valence-corrected chi connectivity index (χ0v) is 22.1. The fourth-order valence-electron chi connectivity index (χ4n) is 5.93. The minimum Gasteiger partial charge on any atom is -0.340 e. The molecule has 0 spiro atoms. The largest absolute Gasteiger partial charge is 0.340 e. The van der Waals surface area contributed by atoms with Crippen molar-refractivity contribution in [1.29, 1.82) is 0 Å². The van der Waals surface area contributed by atoms with Gasteiger partial charge in [-0.1, -0.05) is 29.3 Å². The van der Waals surface area contributed by atoms with Gasteiger partial charge in [0.15, 0.2) is 0 Å². The molecule has 2 aliphatic heterocycles. The highest BCUT2D eigenvalue weighted by molar-refractivity contribution is 6.42. The lowest BCUT2D eigenvalue weighted by Crippen LogP contribution is -2.62. The van der Waals surface area contributed by atoms with E-state index in [2.05, 4.69) is 15.1 Å². The highest BCUT2D eigenvalue weighted by Gasteiger charge is 2.43. The smallest absolute Gasteiger partial charge is 0.242 e. The summed E-state index contributed by atoms with van der Waals surface area (Å²) in [6.07, 6.45) is 5.89. The maximum Gasteiger partial charge on any atom is 0.242 e. The Bertz CT molecular complexity index is 934. The van der Waals surface area contributed by atoms with Crippen LogP contribution in [0.25, 0.3) is 0 Å². The molecule has 3 atom stereocenters. The number of piperazine rings is 1. The van der Waals surface area contributed by atoms with Crippen LogP contribution in [0.15, 0.2) is 18.2 Å². The van der Waals surface area contributed by atoms with Crippen molar-refractivity contribution in [3.63, 3.8) is 0 Å². The quantitative estimate of drug-likeness (QED) is 0.597. The van der Waals surface area contributed by atoms with Gasteiger partial charge in [-0.05, 0) is 55.7 Å². The van der Waals surface area contributed by atoms with E-state index in [9.17, 15) is 9.59 Å². The molecule has 2 aliphatic carbocycles. The summed E-state index contributed by atoms with van der Waals surface area (Å²) in [4.78, 5) is 34.9. The van der Waals surface area contributed by atoms with Crippen LogP contribution in [-0.4, -0.2) is 96.5 Å². The molecule has 192 valence electrons. The average Bonchev–Trinajstić information content (AvgIpc) is 3.67. The second-order valence-corrected chi connectivity index (χ2v) is 11.7. The summed E-state index contributed by atoms with van der Waals surface area (Å²) in [7, 11) is 1.76. The van der Waals surface area contributed by atoms with Crippen LogP contribution in [0, 0.1) is 11.8 Å². The molecular weight excluding hydrogens is 485 g/mol. The van der Waals surface area contributed by atoms with Gasteiger partial charge >= 0.3 is 0 Å². The topological polar surface area (TPSA) is 59.1 Å². The number of nitrogens with zero attached hydrogens (tertiary/aromatic N) is 4. The zero-order chi connectivity index (χ0) is 24.5. The predicted molar refractivity (Wildman–Crippen MR) is 138 cm³/mol. The molecule has 0 radical (unpaired) electrons. The van der Waals surface area contributed by atoms with E-state index in [4.69, 9.17) is 23.2 Å². The molecule has 0 bridgehead atoms. The molecule has 7 nitrogen and oxygen atoms in total. The van der Waals surface area contributed by atoms with Gasteiger partial charge in [-0.2, -0.15) is 0 Å². The van der Waals surface area contributed by atoms with Crippen molar-refractivity contribution in [2.45, 2.75) is 50.7 Å². The van der Waals surface area contributed by atoms with Gasteiger partial charge in [0.1, 0.15) is 6.54 Å². The van der Waals surface area contributed by atoms with Crippen molar-refractivity contribution in [1.82, 2.24) is 24.9 Å². The molecule has 3 unspecified atom stereocenters. The summed E-state index contributed by atoms with van der Waals surface area (Å²) in [5, 5.41) is 4.51. The molecular formula is C26H37Cl2N5O2. The van der Waals surface area contributed by atoms with Crippen LogP contribution in [-0.2, 0) is 16.1 Å². The molecule has 2 heterocycles. The van der Waals surface area contributed by atoms with Gasteiger partial charge in [-0.3, -0.25) is 19.8 Å². The van der Waals surface area contributed by atoms with Crippen molar-refractivity contribution < 1.29 is 9.59 Å². The van der Waals surface area contributed by atoms with Crippen LogP contribution in [0.4, 0.5) is 0 Å². The third-order valence-electron chi connectivity index (χ3n) is 8.29. The molecule has 0 aromatic heterocycles. The van der Waals surface area contributed by atoms with Gasteiger partial charge in [0, 0.05) is 58.4 Å². The first-order valence-electron chi connectivity index (χ1n) is 13.0. The summed E-state index contributed by atoms with van der Waals surface area (Å²) in [5.74, 6) is 0.950. The number of rotatable bonds is 7. The standard InChI is InChI=1S/C26H37Cl2N5O2/c1-30(14-19-4-6-22(27)23(28)12-19)25(34)16-33-17-29-24-7-5-20(13-21(24)26(33)35)32-10-8-31(9-11-32)15-18-2-3-18/h4,6,12,18,20-21,24,29H,2-3,5,7-11,13-17H2,1H3. The monoisotopic (exact) mass is 521 g/mol. The van der Waals surface area contributed by atoms with E-state index in [0.717, 1.165) is 56.9 Å². The number of halogens is 2. The molecule has 1 N–H and O–H groups in total. The number of fused-ring (bicyclic) bond motifs is 1. The summed E-state index contributed by atoms with van der Waals surface area (Å²) < 4.78 is 0. The Labute approximate surface area is 218 Å². The Morgan fingerprint density at radius 1 is 1.09 bits per heavy atom. The maximum absolute atomic E-state index is 13.4. The number of hydrogen-bond acceptors (Lipinski definition) is 5. The molecule has 4 aliphatic rings. The second-order valence-electron chi connectivity index (χ2n) is 10.9.